The number of esters is 1. The highest BCUT2D eigenvalue weighted by atomic mass is 32.1. The number of carbonyl (C=O) groups is 1. The lowest BCUT2D eigenvalue weighted by molar-refractivity contribution is -0.143. The molecule has 0 fully saturated rings. The standard InChI is InChI=1S/C15H14N2O2S2/c1-2-19-14(18)4-3-11-9-21-15(17-11)10-7-13-12(16-8-10)5-6-20-13/h5-9H,2-4H2,1H3. The van der Waals surface area contributed by atoms with Crippen LogP contribution in [0.4, 0.5) is 0 Å². The van der Waals surface area contributed by atoms with Crippen LogP contribution in [-0.4, -0.2) is 22.5 Å². The van der Waals surface area contributed by atoms with E-state index in [1.165, 1.54) is 0 Å². The fourth-order valence-corrected chi connectivity index (χ4v) is 3.60. The second-order valence-electron chi connectivity index (χ2n) is 4.48. The minimum absolute atomic E-state index is 0.172. The number of rotatable bonds is 5. The summed E-state index contributed by atoms with van der Waals surface area (Å²) in [5, 5.41) is 4.97. The zero-order valence-electron chi connectivity index (χ0n) is 11.5. The lowest BCUT2D eigenvalue weighted by Crippen LogP contribution is -2.05. The smallest absolute Gasteiger partial charge is 0.306 e. The van der Waals surface area contributed by atoms with Crippen molar-refractivity contribution in [1.82, 2.24) is 9.97 Å². The van der Waals surface area contributed by atoms with E-state index in [9.17, 15) is 4.79 Å². The molecule has 0 N–H and O–H groups in total. The molecule has 4 nitrogen and oxygen atoms in total. The summed E-state index contributed by atoms with van der Waals surface area (Å²) in [7, 11) is 0. The summed E-state index contributed by atoms with van der Waals surface area (Å²) < 4.78 is 6.09. The highest BCUT2D eigenvalue weighted by Crippen LogP contribution is 2.28. The molecule has 0 spiro atoms. The zero-order valence-corrected chi connectivity index (χ0v) is 13.2. The Bertz CT molecular complexity index is 764. The Kier molecular flexibility index (Phi) is 4.26. The van der Waals surface area contributed by atoms with Crippen molar-refractivity contribution in [2.24, 2.45) is 0 Å². The minimum atomic E-state index is -0.172. The molecule has 0 aliphatic rings. The first-order chi connectivity index (χ1) is 10.3. The average Bonchev–Trinajstić information content (AvgIpc) is 3.13. The second-order valence-corrected chi connectivity index (χ2v) is 6.28. The highest BCUT2D eigenvalue weighted by molar-refractivity contribution is 7.17. The number of aromatic nitrogens is 2. The van der Waals surface area contributed by atoms with E-state index in [0.29, 0.717) is 19.4 Å². The third-order valence-corrected chi connectivity index (χ3v) is 4.79. The summed E-state index contributed by atoms with van der Waals surface area (Å²) in [5.74, 6) is -0.172. The van der Waals surface area contributed by atoms with E-state index in [1.54, 1.807) is 22.7 Å². The van der Waals surface area contributed by atoms with E-state index in [4.69, 9.17) is 4.74 Å². The molecule has 0 amide bonds. The molecule has 0 unspecified atom stereocenters. The Labute approximate surface area is 130 Å². The van der Waals surface area contributed by atoms with Crippen LogP contribution in [0, 0.1) is 0 Å². The number of fused-ring (bicyclic) bond motifs is 1. The molecule has 21 heavy (non-hydrogen) atoms. The van der Waals surface area contributed by atoms with Crippen LogP contribution in [0.5, 0.6) is 0 Å². The maximum absolute atomic E-state index is 11.4. The molecule has 3 aromatic rings. The number of nitrogens with zero attached hydrogens (tertiary/aromatic N) is 2. The van der Waals surface area contributed by atoms with Gasteiger partial charge in [0.25, 0.3) is 0 Å². The molecule has 0 bridgehead atoms. The number of thiazole rings is 1. The van der Waals surface area contributed by atoms with Gasteiger partial charge in [0, 0.05) is 23.6 Å². The fraction of sp³-hybridized carbons (Fsp3) is 0.267. The summed E-state index contributed by atoms with van der Waals surface area (Å²) in [4.78, 5) is 20.4. The molecule has 3 rings (SSSR count). The van der Waals surface area contributed by atoms with Gasteiger partial charge >= 0.3 is 5.97 Å². The van der Waals surface area contributed by atoms with E-state index in [0.717, 1.165) is 26.5 Å². The molecular weight excluding hydrogens is 304 g/mol. The number of hydrogen-bond acceptors (Lipinski definition) is 6. The van der Waals surface area contributed by atoms with Crippen LogP contribution in [-0.2, 0) is 16.0 Å². The van der Waals surface area contributed by atoms with Gasteiger partial charge in [-0.1, -0.05) is 0 Å². The van der Waals surface area contributed by atoms with Gasteiger partial charge in [-0.25, -0.2) is 4.98 Å². The predicted octanol–water partition coefficient (Wildman–Crippen LogP) is 3.92. The zero-order chi connectivity index (χ0) is 14.7. The van der Waals surface area contributed by atoms with Crippen molar-refractivity contribution >= 4 is 38.9 Å². The first kappa shape index (κ1) is 14.2. The van der Waals surface area contributed by atoms with Crippen molar-refractivity contribution in [3.05, 3.63) is 34.8 Å². The molecule has 108 valence electrons. The second kappa shape index (κ2) is 6.32. The van der Waals surface area contributed by atoms with E-state index >= 15 is 0 Å². The Morgan fingerprint density at radius 2 is 2.29 bits per heavy atom. The van der Waals surface area contributed by atoms with Gasteiger partial charge in [-0.05, 0) is 24.4 Å². The van der Waals surface area contributed by atoms with Gasteiger partial charge in [-0.15, -0.1) is 22.7 Å². The Morgan fingerprint density at radius 1 is 1.38 bits per heavy atom. The van der Waals surface area contributed by atoms with Crippen LogP contribution >= 0.6 is 22.7 Å². The van der Waals surface area contributed by atoms with E-state index < -0.39 is 0 Å². The Morgan fingerprint density at radius 3 is 3.14 bits per heavy atom. The molecule has 0 aromatic carbocycles. The Balaban J connectivity index is 1.73. The van der Waals surface area contributed by atoms with Crippen LogP contribution in [0.3, 0.4) is 0 Å². The van der Waals surface area contributed by atoms with Gasteiger partial charge in [-0.3, -0.25) is 9.78 Å². The van der Waals surface area contributed by atoms with Crippen LogP contribution in [0.1, 0.15) is 19.0 Å². The predicted molar refractivity (Wildman–Crippen MR) is 85.7 cm³/mol. The van der Waals surface area contributed by atoms with Gasteiger partial charge in [0.2, 0.25) is 0 Å². The summed E-state index contributed by atoms with van der Waals surface area (Å²) >= 11 is 3.26. The molecule has 0 aliphatic carbocycles. The summed E-state index contributed by atoms with van der Waals surface area (Å²) in [6.45, 7) is 2.24. The molecule has 0 atom stereocenters. The van der Waals surface area contributed by atoms with E-state index in [2.05, 4.69) is 16.0 Å². The monoisotopic (exact) mass is 318 g/mol. The molecular formula is C15H14N2O2S2. The maximum Gasteiger partial charge on any atom is 0.306 e. The topological polar surface area (TPSA) is 52.1 Å². The van der Waals surface area contributed by atoms with Crippen LogP contribution in [0.2, 0.25) is 0 Å². The lowest BCUT2D eigenvalue weighted by Gasteiger charge is -1.99. The van der Waals surface area contributed by atoms with E-state index in [1.807, 2.05) is 29.9 Å². The molecule has 0 aliphatic heterocycles. The third kappa shape index (κ3) is 3.28. The highest BCUT2D eigenvalue weighted by Gasteiger charge is 2.09. The quantitative estimate of drug-likeness (QED) is 0.669. The maximum atomic E-state index is 11.4. The lowest BCUT2D eigenvalue weighted by atomic mass is 10.2. The van der Waals surface area contributed by atoms with Crippen molar-refractivity contribution in [3.63, 3.8) is 0 Å². The van der Waals surface area contributed by atoms with Crippen LogP contribution in [0.15, 0.2) is 29.1 Å². The largest absolute Gasteiger partial charge is 0.466 e. The summed E-state index contributed by atoms with van der Waals surface area (Å²) in [6, 6.07) is 4.12. The first-order valence-corrected chi connectivity index (χ1v) is 8.46. The van der Waals surface area contributed by atoms with Gasteiger partial charge in [0.05, 0.1) is 28.9 Å². The van der Waals surface area contributed by atoms with Crippen molar-refractivity contribution in [1.29, 1.82) is 0 Å². The number of carbonyl (C=O) groups excluding carboxylic acids is 1. The SMILES string of the molecule is CCOC(=O)CCc1csc(-c2cnc3ccsc3c2)n1. The van der Waals surface area contributed by atoms with E-state index in [-0.39, 0.29) is 5.97 Å². The number of thiophene rings is 1. The normalized spacial score (nSPS) is 10.9. The molecule has 0 saturated carbocycles. The van der Waals surface area contributed by atoms with Crippen LogP contribution < -0.4 is 0 Å². The summed E-state index contributed by atoms with van der Waals surface area (Å²) in [5.41, 5.74) is 2.97. The number of aryl methyl sites for hydroxylation is 1. The van der Waals surface area contributed by atoms with Crippen molar-refractivity contribution in [3.8, 4) is 10.6 Å². The van der Waals surface area contributed by atoms with Crippen molar-refractivity contribution in [2.45, 2.75) is 19.8 Å². The molecule has 3 heterocycles. The molecule has 0 saturated heterocycles. The number of pyridine rings is 1. The molecule has 3 aromatic heterocycles. The van der Waals surface area contributed by atoms with Gasteiger partial charge < -0.3 is 4.74 Å². The molecule has 0 radical (unpaired) electrons. The van der Waals surface area contributed by atoms with Gasteiger partial charge in [-0.2, -0.15) is 0 Å². The number of hydrogen-bond donors (Lipinski definition) is 0. The van der Waals surface area contributed by atoms with Gasteiger partial charge in [0.15, 0.2) is 0 Å². The third-order valence-electron chi connectivity index (χ3n) is 2.99. The number of ether oxygens (including phenoxy) is 1. The Hall–Kier alpha value is -1.79. The van der Waals surface area contributed by atoms with Crippen molar-refractivity contribution in [2.75, 3.05) is 6.61 Å². The minimum Gasteiger partial charge on any atom is -0.466 e. The van der Waals surface area contributed by atoms with Gasteiger partial charge in [0.1, 0.15) is 5.01 Å². The average molecular weight is 318 g/mol. The molecule has 6 heteroatoms. The first-order valence-electron chi connectivity index (χ1n) is 6.70. The fourth-order valence-electron chi connectivity index (χ4n) is 1.98. The van der Waals surface area contributed by atoms with Crippen molar-refractivity contribution < 1.29 is 9.53 Å². The summed E-state index contributed by atoms with van der Waals surface area (Å²) in [6.07, 6.45) is 2.84. The van der Waals surface area contributed by atoms with Crippen LogP contribution in [0.25, 0.3) is 20.8 Å².